The first-order valence-electron chi connectivity index (χ1n) is 5.68. The summed E-state index contributed by atoms with van der Waals surface area (Å²) in [5.41, 5.74) is 3.51. The molecule has 1 N–H and O–H groups in total. The molecular formula is C14H13N3O2. The summed E-state index contributed by atoms with van der Waals surface area (Å²) < 4.78 is 5.17. The molecule has 2 rings (SSSR count). The van der Waals surface area contributed by atoms with E-state index in [4.69, 9.17) is 4.74 Å². The first-order chi connectivity index (χ1) is 9.31. The second-order valence-electron chi connectivity index (χ2n) is 3.66. The largest absolute Gasteiger partial charge is 0.496 e. The minimum Gasteiger partial charge on any atom is -0.496 e. The molecule has 0 aliphatic heterocycles. The fourth-order valence-electron chi connectivity index (χ4n) is 1.49. The Morgan fingerprint density at radius 2 is 2.05 bits per heavy atom. The molecule has 0 bridgehead atoms. The van der Waals surface area contributed by atoms with Crippen LogP contribution in [-0.2, 0) is 0 Å². The maximum absolute atomic E-state index is 11.7. The van der Waals surface area contributed by atoms with Gasteiger partial charge >= 0.3 is 0 Å². The summed E-state index contributed by atoms with van der Waals surface area (Å²) in [5.74, 6) is 0.338. The quantitative estimate of drug-likeness (QED) is 0.670. The lowest BCUT2D eigenvalue weighted by atomic mass is 10.2. The number of carbonyl (C=O) groups is 1. The molecule has 0 saturated heterocycles. The number of nitrogens with zero attached hydrogens (tertiary/aromatic N) is 2. The lowest BCUT2D eigenvalue weighted by Gasteiger charge is -2.03. The molecule has 0 aliphatic carbocycles. The van der Waals surface area contributed by atoms with E-state index in [1.54, 1.807) is 31.5 Å². The van der Waals surface area contributed by atoms with Gasteiger partial charge in [0.2, 0.25) is 0 Å². The molecule has 1 aromatic heterocycles. The number of aromatic nitrogens is 1. The highest BCUT2D eigenvalue weighted by Gasteiger charge is 2.04. The fraction of sp³-hybridized carbons (Fsp3) is 0.0714. The number of para-hydroxylation sites is 1. The maximum atomic E-state index is 11.7. The molecular weight excluding hydrogens is 242 g/mol. The second kappa shape index (κ2) is 6.30. The molecule has 2 aromatic rings. The number of hydrogen-bond donors (Lipinski definition) is 1. The number of nitrogens with one attached hydrogen (secondary N) is 1. The van der Waals surface area contributed by atoms with E-state index < -0.39 is 0 Å². The number of methoxy groups -OCH3 is 1. The highest BCUT2D eigenvalue weighted by atomic mass is 16.5. The molecule has 5 nitrogen and oxygen atoms in total. The van der Waals surface area contributed by atoms with E-state index in [1.165, 1.54) is 6.21 Å². The van der Waals surface area contributed by atoms with E-state index in [9.17, 15) is 4.79 Å². The number of rotatable bonds is 4. The van der Waals surface area contributed by atoms with Crippen LogP contribution < -0.4 is 10.2 Å². The summed E-state index contributed by atoms with van der Waals surface area (Å²) >= 11 is 0. The zero-order valence-corrected chi connectivity index (χ0v) is 10.4. The smallest absolute Gasteiger partial charge is 0.289 e. The minimum atomic E-state index is -0.355. The minimum absolute atomic E-state index is 0.319. The van der Waals surface area contributed by atoms with Gasteiger partial charge in [0.05, 0.1) is 13.3 Å². The van der Waals surface area contributed by atoms with Gasteiger partial charge in [0.15, 0.2) is 0 Å². The van der Waals surface area contributed by atoms with Gasteiger partial charge in [-0.05, 0) is 24.3 Å². The van der Waals surface area contributed by atoms with Gasteiger partial charge < -0.3 is 4.74 Å². The topological polar surface area (TPSA) is 63.6 Å². The Hall–Kier alpha value is -2.69. The van der Waals surface area contributed by atoms with Crippen LogP contribution in [0.15, 0.2) is 53.8 Å². The standard InChI is InChI=1S/C14H13N3O2/c1-19-13-8-3-2-6-11(13)10-16-17-14(18)12-7-4-5-9-15-12/h2-10H,1H3,(H,17,18). The van der Waals surface area contributed by atoms with Gasteiger partial charge in [-0.15, -0.1) is 0 Å². The first-order valence-corrected chi connectivity index (χ1v) is 5.68. The monoisotopic (exact) mass is 255 g/mol. The maximum Gasteiger partial charge on any atom is 0.289 e. The van der Waals surface area contributed by atoms with Crippen LogP contribution in [0.4, 0.5) is 0 Å². The van der Waals surface area contributed by atoms with Crippen molar-refractivity contribution in [2.75, 3.05) is 7.11 Å². The molecule has 19 heavy (non-hydrogen) atoms. The third-order valence-corrected chi connectivity index (χ3v) is 2.41. The number of benzene rings is 1. The van der Waals surface area contributed by atoms with Crippen LogP contribution in [0, 0.1) is 0 Å². The molecule has 0 aliphatic rings. The molecule has 5 heteroatoms. The van der Waals surface area contributed by atoms with Gasteiger partial charge in [-0.3, -0.25) is 9.78 Å². The molecule has 96 valence electrons. The van der Waals surface area contributed by atoms with E-state index in [-0.39, 0.29) is 5.91 Å². The van der Waals surface area contributed by atoms with E-state index >= 15 is 0 Å². The van der Waals surface area contributed by atoms with E-state index in [0.717, 1.165) is 5.56 Å². The van der Waals surface area contributed by atoms with Gasteiger partial charge in [0, 0.05) is 11.8 Å². The molecule has 0 radical (unpaired) electrons. The predicted molar refractivity (Wildman–Crippen MR) is 72.3 cm³/mol. The Bertz CT molecular complexity index is 582. The molecule has 1 amide bonds. The Labute approximate surface area is 110 Å². The summed E-state index contributed by atoms with van der Waals surface area (Å²) in [4.78, 5) is 15.6. The van der Waals surface area contributed by atoms with Crippen molar-refractivity contribution in [2.24, 2.45) is 5.10 Å². The Morgan fingerprint density at radius 3 is 2.79 bits per heavy atom. The summed E-state index contributed by atoms with van der Waals surface area (Å²) in [7, 11) is 1.58. The van der Waals surface area contributed by atoms with Crippen molar-refractivity contribution in [3.63, 3.8) is 0 Å². The van der Waals surface area contributed by atoms with E-state index in [0.29, 0.717) is 11.4 Å². The lowest BCUT2D eigenvalue weighted by molar-refractivity contribution is 0.0950. The summed E-state index contributed by atoms with van der Waals surface area (Å²) in [5, 5.41) is 3.88. The third kappa shape index (κ3) is 3.38. The van der Waals surface area contributed by atoms with Crippen LogP contribution in [0.3, 0.4) is 0 Å². The molecule has 1 heterocycles. The van der Waals surface area contributed by atoms with E-state index in [2.05, 4.69) is 15.5 Å². The van der Waals surface area contributed by atoms with Gasteiger partial charge in [0.1, 0.15) is 11.4 Å². The third-order valence-electron chi connectivity index (χ3n) is 2.41. The van der Waals surface area contributed by atoms with Crippen LogP contribution in [0.25, 0.3) is 0 Å². The summed E-state index contributed by atoms with van der Waals surface area (Å²) in [6, 6.07) is 12.5. The number of amides is 1. The highest BCUT2D eigenvalue weighted by Crippen LogP contribution is 2.14. The average molecular weight is 255 g/mol. The number of pyridine rings is 1. The Morgan fingerprint density at radius 1 is 1.26 bits per heavy atom. The molecule has 0 unspecified atom stereocenters. The van der Waals surface area contributed by atoms with Crippen LogP contribution >= 0.6 is 0 Å². The molecule has 0 fully saturated rings. The van der Waals surface area contributed by atoms with Crippen molar-refractivity contribution in [3.05, 3.63) is 59.9 Å². The van der Waals surface area contributed by atoms with Gasteiger partial charge in [-0.1, -0.05) is 18.2 Å². The molecule has 1 aromatic carbocycles. The second-order valence-corrected chi connectivity index (χ2v) is 3.66. The number of ether oxygens (including phenoxy) is 1. The molecule has 0 spiro atoms. The van der Waals surface area contributed by atoms with Gasteiger partial charge in [-0.25, -0.2) is 5.43 Å². The molecule has 0 atom stereocenters. The fourth-order valence-corrected chi connectivity index (χ4v) is 1.49. The van der Waals surface area contributed by atoms with Crippen molar-refractivity contribution >= 4 is 12.1 Å². The average Bonchev–Trinajstić information content (AvgIpc) is 2.48. The SMILES string of the molecule is COc1ccccc1C=NNC(=O)c1ccccn1. The number of carbonyl (C=O) groups excluding carboxylic acids is 1. The normalized spacial score (nSPS) is 10.4. The first kappa shape index (κ1) is 12.8. The number of hydrogen-bond acceptors (Lipinski definition) is 4. The summed E-state index contributed by atoms with van der Waals surface area (Å²) in [6.07, 6.45) is 3.08. The highest BCUT2D eigenvalue weighted by molar-refractivity contribution is 5.93. The predicted octanol–water partition coefficient (Wildman–Crippen LogP) is 1.85. The van der Waals surface area contributed by atoms with Crippen molar-refractivity contribution in [1.82, 2.24) is 10.4 Å². The van der Waals surface area contributed by atoms with Crippen molar-refractivity contribution in [2.45, 2.75) is 0 Å². The Balaban J connectivity index is 2.02. The van der Waals surface area contributed by atoms with Crippen LogP contribution in [-0.4, -0.2) is 24.2 Å². The van der Waals surface area contributed by atoms with Gasteiger partial charge in [0.25, 0.3) is 5.91 Å². The lowest BCUT2D eigenvalue weighted by Crippen LogP contribution is -2.18. The van der Waals surface area contributed by atoms with Crippen molar-refractivity contribution in [3.8, 4) is 5.75 Å². The van der Waals surface area contributed by atoms with Crippen LogP contribution in [0.2, 0.25) is 0 Å². The number of hydrazone groups is 1. The summed E-state index contributed by atoms with van der Waals surface area (Å²) in [6.45, 7) is 0. The Kier molecular flexibility index (Phi) is 4.23. The van der Waals surface area contributed by atoms with Crippen LogP contribution in [0.5, 0.6) is 5.75 Å². The van der Waals surface area contributed by atoms with Crippen molar-refractivity contribution in [1.29, 1.82) is 0 Å². The molecule has 0 saturated carbocycles. The van der Waals surface area contributed by atoms with E-state index in [1.807, 2.05) is 24.3 Å². The zero-order chi connectivity index (χ0) is 13.5. The van der Waals surface area contributed by atoms with Gasteiger partial charge in [-0.2, -0.15) is 5.10 Å². The zero-order valence-electron chi connectivity index (χ0n) is 10.4. The van der Waals surface area contributed by atoms with Crippen molar-refractivity contribution < 1.29 is 9.53 Å². The van der Waals surface area contributed by atoms with Crippen LogP contribution in [0.1, 0.15) is 16.1 Å².